The van der Waals surface area contributed by atoms with Crippen LogP contribution in [0.25, 0.3) is 0 Å². The van der Waals surface area contributed by atoms with Gasteiger partial charge in [0.1, 0.15) is 12.2 Å². The second kappa shape index (κ2) is 4.51. The monoisotopic (exact) mass is 279 g/mol. The zero-order valence-corrected chi connectivity index (χ0v) is 9.99. The van der Waals surface area contributed by atoms with E-state index in [9.17, 15) is 0 Å². The number of hydrogen-bond donors (Lipinski definition) is 0. The third-order valence-corrected chi connectivity index (χ3v) is 3.66. The first-order chi connectivity index (χ1) is 7.31. The van der Waals surface area contributed by atoms with Gasteiger partial charge in [-0.25, -0.2) is 9.97 Å². The highest BCUT2D eigenvalue weighted by Gasteiger charge is 2.16. The van der Waals surface area contributed by atoms with Crippen molar-refractivity contribution in [3.63, 3.8) is 0 Å². The van der Waals surface area contributed by atoms with Crippen LogP contribution in [-0.4, -0.2) is 9.97 Å². The van der Waals surface area contributed by atoms with Crippen molar-refractivity contribution in [3.8, 4) is 6.07 Å². The highest BCUT2D eigenvalue weighted by Crippen LogP contribution is 2.30. The predicted molar refractivity (Wildman–Crippen MR) is 61.5 cm³/mol. The second-order valence-corrected chi connectivity index (χ2v) is 4.72. The first-order valence-corrected chi connectivity index (χ1v) is 5.88. The molecule has 0 radical (unpaired) electrons. The number of nitrogens with zero attached hydrogens (tertiary/aromatic N) is 3. The lowest BCUT2D eigenvalue weighted by atomic mass is 10.1. The van der Waals surface area contributed by atoms with Gasteiger partial charge in [0.15, 0.2) is 0 Å². The Hall–Kier alpha value is -1.25. The Bertz CT molecular complexity index is 489. The van der Waals surface area contributed by atoms with Gasteiger partial charge in [0.2, 0.25) is 0 Å². The summed E-state index contributed by atoms with van der Waals surface area (Å²) in [6.45, 7) is 0. The summed E-state index contributed by atoms with van der Waals surface area (Å²) in [5.41, 5.74) is 0.738. The Labute approximate surface area is 99.6 Å². The lowest BCUT2D eigenvalue weighted by Crippen LogP contribution is -1.98. The summed E-state index contributed by atoms with van der Waals surface area (Å²) in [4.78, 5) is 8.92. The first kappa shape index (κ1) is 10.3. The number of hydrogen-bond acceptors (Lipinski definition) is 4. The fraction of sp³-hybridized carbons (Fsp3) is 0.100. The molecule has 0 saturated heterocycles. The van der Waals surface area contributed by atoms with Gasteiger partial charge in [-0.3, -0.25) is 0 Å². The summed E-state index contributed by atoms with van der Waals surface area (Å²) in [5, 5.41) is 11.1. The largest absolute Gasteiger partial charge is 0.245 e. The molecule has 0 amide bonds. The van der Waals surface area contributed by atoms with E-state index in [1.54, 1.807) is 23.6 Å². The fourth-order valence-electron chi connectivity index (χ4n) is 1.23. The van der Waals surface area contributed by atoms with Gasteiger partial charge in [0.05, 0.1) is 11.8 Å². The summed E-state index contributed by atoms with van der Waals surface area (Å²) in [6.07, 6.45) is 3.11. The highest BCUT2D eigenvalue weighted by molar-refractivity contribution is 9.10. The average Bonchev–Trinajstić information content (AvgIpc) is 2.68. The maximum absolute atomic E-state index is 9.12. The van der Waals surface area contributed by atoms with Gasteiger partial charge < -0.3 is 0 Å². The van der Waals surface area contributed by atoms with E-state index in [-0.39, 0.29) is 5.92 Å². The van der Waals surface area contributed by atoms with Gasteiger partial charge in [-0.1, -0.05) is 0 Å². The molecule has 2 aromatic rings. The van der Waals surface area contributed by atoms with Crippen LogP contribution >= 0.6 is 27.3 Å². The van der Waals surface area contributed by atoms with Crippen LogP contribution in [0.2, 0.25) is 0 Å². The molecule has 0 fully saturated rings. The molecule has 0 aliphatic carbocycles. The zero-order chi connectivity index (χ0) is 10.7. The molecular weight excluding hydrogens is 274 g/mol. The van der Waals surface area contributed by atoms with Crippen molar-refractivity contribution in [1.29, 1.82) is 5.26 Å². The molecule has 0 aromatic carbocycles. The predicted octanol–water partition coefficient (Wildman–Crippen LogP) is 2.96. The molecule has 3 nitrogen and oxygen atoms in total. The lowest BCUT2D eigenvalue weighted by Gasteiger charge is -2.04. The van der Waals surface area contributed by atoms with Crippen molar-refractivity contribution in [3.05, 3.63) is 45.1 Å². The summed E-state index contributed by atoms with van der Waals surface area (Å²) in [7, 11) is 0. The minimum atomic E-state index is -0.302. The van der Waals surface area contributed by atoms with E-state index in [0.717, 1.165) is 15.0 Å². The Morgan fingerprint density at radius 2 is 2.40 bits per heavy atom. The standard InChI is InChI=1S/C10H6BrN3S/c11-7-3-10(15-5-7)8(4-12)9-1-2-13-6-14-9/h1-3,5-6,8H. The van der Waals surface area contributed by atoms with Gasteiger partial charge in [-0.2, -0.15) is 5.26 Å². The molecule has 1 unspecified atom stereocenters. The van der Waals surface area contributed by atoms with E-state index in [1.807, 2.05) is 11.4 Å². The number of halogens is 1. The maximum atomic E-state index is 9.12. The van der Waals surface area contributed by atoms with Crippen LogP contribution in [0, 0.1) is 11.3 Å². The average molecular weight is 280 g/mol. The van der Waals surface area contributed by atoms with Crippen LogP contribution in [0.4, 0.5) is 0 Å². The minimum Gasteiger partial charge on any atom is -0.245 e. The summed E-state index contributed by atoms with van der Waals surface area (Å²) in [5.74, 6) is -0.302. The molecule has 5 heteroatoms. The minimum absolute atomic E-state index is 0.302. The molecule has 2 heterocycles. The molecule has 2 aromatic heterocycles. The van der Waals surface area contributed by atoms with E-state index >= 15 is 0 Å². The molecule has 2 rings (SSSR count). The van der Waals surface area contributed by atoms with Crippen LogP contribution in [0.3, 0.4) is 0 Å². The van der Waals surface area contributed by atoms with Crippen LogP contribution in [0.1, 0.15) is 16.5 Å². The van der Waals surface area contributed by atoms with Crippen molar-refractivity contribution in [2.45, 2.75) is 5.92 Å². The van der Waals surface area contributed by atoms with Gasteiger partial charge in [0.25, 0.3) is 0 Å². The van der Waals surface area contributed by atoms with Crippen LogP contribution in [0.5, 0.6) is 0 Å². The van der Waals surface area contributed by atoms with Gasteiger partial charge >= 0.3 is 0 Å². The number of rotatable bonds is 2. The zero-order valence-electron chi connectivity index (χ0n) is 7.59. The third kappa shape index (κ3) is 2.22. The SMILES string of the molecule is N#CC(c1ccncn1)c1cc(Br)cs1. The smallest absolute Gasteiger partial charge is 0.123 e. The van der Waals surface area contributed by atoms with Gasteiger partial charge in [-0.15, -0.1) is 11.3 Å². The van der Waals surface area contributed by atoms with Gasteiger partial charge in [-0.05, 0) is 28.1 Å². The van der Waals surface area contributed by atoms with Crippen molar-refractivity contribution in [2.24, 2.45) is 0 Å². The van der Waals surface area contributed by atoms with Crippen molar-refractivity contribution in [2.75, 3.05) is 0 Å². The normalized spacial score (nSPS) is 12.0. The Morgan fingerprint density at radius 3 is 2.93 bits per heavy atom. The van der Waals surface area contributed by atoms with E-state index in [0.29, 0.717) is 0 Å². The fourth-order valence-corrected chi connectivity index (χ4v) is 2.73. The summed E-state index contributed by atoms with van der Waals surface area (Å²) < 4.78 is 0.997. The third-order valence-electron chi connectivity index (χ3n) is 1.90. The molecule has 0 aliphatic heterocycles. The first-order valence-electron chi connectivity index (χ1n) is 4.20. The molecular formula is C10H6BrN3S. The molecule has 1 atom stereocenters. The van der Waals surface area contributed by atoms with E-state index in [1.165, 1.54) is 6.33 Å². The molecule has 74 valence electrons. The van der Waals surface area contributed by atoms with Crippen LogP contribution in [0.15, 0.2) is 34.5 Å². The highest BCUT2D eigenvalue weighted by atomic mass is 79.9. The molecule has 0 N–H and O–H groups in total. The molecule has 0 aliphatic rings. The summed E-state index contributed by atoms with van der Waals surface area (Å²) in [6, 6.07) is 5.96. The second-order valence-electron chi connectivity index (χ2n) is 2.86. The number of thiophene rings is 1. The Kier molecular flexibility index (Phi) is 3.09. The number of nitriles is 1. The maximum Gasteiger partial charge on any atom is 0.123 e. The molecule has 15 heavy (non-hydrogen) atoms. The molecule has 0 saturated carbocycles. The quantitative estimate of drug-likeness (QED) is 0.849. The Balaban J connectivity index is 2.38. The lowest BCUT2D eigenvalue weighted by molar-refractivity contribution is 0.960. The van der Waals surface area contributed by atoms with E-state index in [4.69, 9.17) is 5.26 Å². The van der Waals surface area contributed by atoms with E-state index < -0.39 is 0 Å². The topological polar surface area (TPSA) is 49.6 Å². The number of aromatic nitrogens is 2. The van der Waals surface area contributed by atoms with Crippen molar-refractivity contribution >= 4 is 27.3 Å². The summed E-state index contributed by atoms with van der Waals surface area (Å²) >= 11 is 4.92. The van der Waals surface area contributed by atoms with Crippen LogP contribution < -0.4 is 0 Å². The molecule has 0 spiro atoms. The van der Waals surface area contributed by atoms with Gasteiger partial charge in [0, 0.05) is 20.9 Å². The van der Waals surface area contributed by atoms with E-state index in [2.05, 4.69) is 32.0 Å². The van der Waals surface area contributed by atoms with Crippen molar-refractivity contribution < 1.29 is 0 Å². The van der Waals surface area contributed by atoms with Crippen molar-refractivity contribution in [1.82, 2.24) is 9.97 Å². The van der Waals surface area contributed by atoms with Crippen LogP contribution in [-0.2, 0) is 0 Å². The Morgan fingerprint density at radius 1 is 1.53 bits per heavy atom. The molecule has 0 bridgehead atoms.